The number of benzene rings is 2. The van der Waals surface area contributed by atoms with Crippen LogP contribution >= 0.6 is 0 Å². The highest BCUT2D eigenvalue weighted by atomic mass is 32.2. The highest BCUT2D eigenvalue weighted by Gasteiger charge is 2.51. The van der Waals surface area contributed by atoms with Crippen LogP contribution in [0.1, 0.15) is 62.1 Å². The zero-order chi connectivity index (χ0) is 20.8. The van der Waals surface area contributed by atoms with Gasteiger partial charge in [-0.05, 0) is 67.0 Å². The highest BCUT2D eigenvalue weighted by Crippen LogP contribution is 2.48. The minimum atomic E-state index is -3.28. The van der Waals surface area contributed by atoms with Gasteiger partial charge < -0.3 is 4.74 Å². The van der Waals surface area contributed by atoms with Crippen LogP contribution in [0.25, 0.3) is 11.3 Å². The van der Waals surface area contributed by atoms with Gasteiger partial charge >= 0.3 is 0 Å². The summed E-state index contributed by atoms with van der Waals surface area (Å²) >= 11 is 0. The normalized spacial score (nSPS) is 18.7. The van der Waals surface area contributed by atoms with Crippen LogP contribution < -0.4 is 0 Å². The Balaban J connectivity index is 1.82. The highest BCUT2D eigenvalue weighted by molar-refractivity contribution is 7.90. The molecule has 4 nitrogen and oxygen atoms in total. The molecule has 1 saturated carbocycles. The Hall–Kier alpha value is -2.40. The molecule has 4 rings (SSSR count). The van der Waals surface area contributed by atoms with Gasteiger partial charge in [0, 0.05) is 11.8 Å². The van der Waals surface area contributed by atoms with Gasteiger partial charge in [0.25, 0.3) is 0 Å². The third kappa shape index (κ3) is 3.52. The van der Waals surface area contributed by atoms with E-state index in [2.05, 4.69) is 26.0 Å². The van der Waals surface area contributed by atoms with E-state index in [1.165, 1.54) is 11.8 Å². The van der Waals surface area contributed by atoms with Crippen LogP contribution in [0.5, 0.6) is 0 Å². The number of ketones is 1. The van der Waals surface area contributed by atoms with E-state index in [-0.39, 0.29) is 10.7 Å². The standard InChI is InChI=1S/C24H26O4S/c1-16(2)17-6-8-18(9-7-17)21-22(28-24(23(21)25)14-4-5-15-24)19-10-12-20(13-11-19)29(3,26)27/h6-13,16H,4-5,14-15H2,1-3H3. The molecule has 2 aromatic rings. The molecule has 0 atom stereocenters. The Bertz CT molecular complexity index is 1070. The molecular formula is C24H26O4S. The third-order valence-corrected chi connectivity index (χ3v) is 7.12. The van der Waals surface area contributed by atoms with Crippen LogP contribution in [-0.4, -0.2) is 26.1 Å². The summed E-state index contributed by atoms with van der Waals surface area (Å²) < 4.78 is 30.0. The van der Waals surface area contributed by atoms with Gasteiger partial charge in [0.15, 0.2) is 15.4 Å². The van der Waals surface area contributed by atoms with Crippen molar-refractivity contribution in [2.24, 2.45) is 0 Å². The van der Waals surface area contributed by atoms with Gasteiger partial charge in [0.2, 0.25) is 5.78 Å². The van der Waals surface area contributed by atoms with Crippen molar-refractivity contribution in [2.45, 2.75) is 55.9 Å². The summed E-state index contributed by atoms with van der Waals surface area (Å²) in [5.74, 6) is 1.03. The van der Waals surface area contributed by atoms with Crippen LogP contribution in [-0.2, 0) is 19.4 Å². The number of ether oxygens (including phenoxy) is 1. The van der Waals surface area contributed by atoms with E-state index in [9.17, 15) is 13.2 Å². The maximum absolute atomic E-state index is 13.5. The van der Waals surface area contributed by atoms with Gasteiger partial charge in [-0.15, -0.1) is 0 Å². The molecule has 2 aliphatic rings. The Kier molecular flexibility index (Phi) is 4.89. The van der Waals surface area contributed by atoms with Gasteiger partial charge in [0.1, 0.15) is 5.76 Å². The van der Waals surface area contributed by atoms with Crippen molar-refractivity contribution in [2.75, 3.05) is 6.26 Å². The van der Waals surface area contributed by atoms with Crippen molar-refractivity contribution in [3.05, 3.63) is 65.2 Å². The first-order valence-corrected chi connectivity index (χ1v) is 12.0. The molecule has 0 amide bonds. The first-order valence-electron chi connectivity index (χ1n) is 10.1. The molecule has 0 aromatic heterocycles. The van der Waals surface area contributed by atoms with Crippen LogP contribution in [0.15, 0.2) is 53.4 Å². The zero-order valence-corrected chi connectivity index (χ0v) is 17.9. The lowest BCUT2D eigenvalue weighted by atomic mass is 9.88. The summed E-state index contributed by atoms with van der Waals surface area (Å²) in [5.41, 5.74) is 2.64. The van der Waals surface area contributed by atoms with Crippen LogP contribution in [0.2, 0.25) is 0 Å². The van der Waals surface area contributed by atoms with Crippen LogP contribution in [0.4, 0.5) is 0 Å². The first kappa shape index (κ1) is 19.9. The number of rotatable bonds is 4. The number of carbonyl (C=O) groups excluding carboxylic acids is 1. The Morgan fingerprint density at radius 2 is 1.45 bits per heavy atom. The fourth-order valence-corrected chi connectivity index (χ4v) is 4.88. The smallest absolute Gasteiger partial charge is 0.210 e. The predicted octanol–water partition coefficient (Wildman–Crippen LogP) is 4.99. The second-order valence-electron chi connectivity index (χ2n) is 8.41. The van der Waals surface area contributed by atoms with Gasteiger partial charge in [-0.25, -0.2) is 8.42 Å². The quantitative estimate of drug-likeness (QED) is 0.712. The molecule has 0 bridgehead atoms. The Labute approximate surface area is 172 Å². The van der Waals surface area contributed by atoms with E-state index in [0.717, 1.165) is 36.8 Å². The number of hydrogen-bond acceptors (Lipinski definition) is 4. The number of carbonyl (C=O) groups is 1. The van der Waals surface area contributed by atoms with E-state index in [4.69, 9.17) is 4.74 Å². The van der Waals surface area contributed by atoms with Crippen LogP contribution in [0.3, 0.4) is 0 Å². The molecule has 0 unspecified atom stereocenters. The van der Waals surface area contributed by atoms with E-state index in [0.29, 0.717) is 17.3 Å². The summed E-state index contributed by atoms with van der Waals surface area (Å²) in [5, 5.41) is 0. The predicted molar refractivity (Wildman–Crippen MR) is 114 cm³/mol. The molecule has 152 valence electrons. The summed E-state index contributed by atoms with van der Waals surface area (Å²) in [7, 11) is -3.28. The van der Waals surface area contributed by atoms with Crippen LogP contribution in [0, 0.1) is 0 Å². The number of hydrogen-bond donors (Lipinski definition) is 0. The fourth-order valence-electron chi connectivity index (χ4n) is 4.25. The molecule has 1 fully saturated rings. The molecule has 29 heavy (non-hydrogen) atoms. The van der Waals surface area contributed by atoms with E-state index in [1.54, 1.807) is 24.3 Å². The lowest BCUT2D eigenvalue weighted by Gasteiger charge is -2.22. The molecular weight excluding hydrogens is 384 g/mol. The van der Waals surface area contributed by atoms with E-state index in [1.807, 2.05) is 12.1 Å². The Morgan fingerprint density at radius 3 is 1.97 bits per heavy atom. The number of Topliss-reactive ketones (excluding diaryl/α,β-unsaturated/α-hetero) is 1. The molecule has 2 aromatic carbocycles. The van der Waals surface area contributed by atoms with E-state index >= 15 is 0 Å². The third-order valence-electron chi connectivity index (χ3n) is 5.99. The molecule has 5 heteroatoms. The Morgan fingerprint density at radius 1 is 0.897 bits per heavy atom. The van der Waals surface area contributed by atoms with Crippen molar-refractivity contribution in [1.82, 2.24) is 0 Å². The van der Waals surface area contributed by atoms with Crippen molar-refractivity contribution in [3.63, 3.8) is 0 Å². The van der Waals surface area contributed by atoms with Gasteiger partial charge in [-0.2, -0.15) is 0 Å². The molecule has 1 aliphatic carbocycles. The topological polar surface area (TPSA) is 60.4 Å². The molecule has 0 N–H and O–H groups in total. The lowest BCUT2D eigenvalue weighted by Crippen LogP contribution is -2.33. The second kappa shape index (κ2) is 7.13. The molecule has 0 saturated heterocycles. The summed E-state index contributed by atoms with van der Waals surface area (Å²) in [6.07, 6.45) is 4.60. The maximum atomic E-state index is 13.5. The van der Waals surface area contributed by atoms with Gasteiger partial charge in [-0.3, -0.25) is 4.79 Å². The molecule has 1 aliphatic heterocycles. The summed E-state index contributed by atoms with van der Waals surface area (Å²) in [6.45, 7) is 4.28. The SMILES string of the molecule is CC(C)c1ccc(C2=C(c3ccc(S(C)(=O)=O)cc3)OC3(CCCC3)C2=O)cc1. The minimum absolute atomic E-state index is 0.0505. The van der Waals surface area contributed by atoms with E-state index < -0.39 is 15.4 Å². The molecule has 0 radical (unpaired) electrons. The first-order chi connectivity index (χ1) is 13.7. The maximum Gasteiger partial charge on any atom is 0.210 e. The van der Waals surface area contributed by atoms with Gasteiger partial charge in [0.05, 0.1) is 10.5 Å². The average Bonchev–Trinajstić information content (AvgIpc) is 3.27. The second-order valence-corrected chi connectivity index (χ2v) is 10.4. The van der Waals surface area contributed by atoms with Crippen molar-refractivity contribution < 1.29 is 17.9 Å². The minimum Gasteiger partial charge on any atom is -0.478 e. The lowest BCUT2D eigenvalue weighted by molar-refractivity contribution is -0.127. The monoisotopic (exact) mass is 410 g/mol. The summed E-state index contributed by atoms with van der Waals surface area (Å²) in [6, 6.07) is 14.7. The molecule has 1 heterocycles. The average molecular weight is 411 g/mol. The van der Waals surface area contributed by atoms with Crippen molar-refractivity contribution >= 4 is 27.0 Å². The number of sulfone groups is 1. The molecule has 1 spiro atoms. The summed E-state index contributed by atoms with van der Waals surface area (Å²) in [4.78, 5) is 13.7. The van der Waals surface area contributed by atoms with Crippen molar-refractivity contribution in [3.8, 4) is 0 Å². The fraction of sp³-hybridized carbons (Fsp3) is 0.375. The van der Waals surface area contributed by atoms with Crippen molar-refractivity contribution in [1.29, 1.82) is 0 Å². The van der Waals surface area contributed by atoms with Gasteiger partial charge in [-0.1, -0.05) is 38.1 Å². The zero-order valence-electron chi connectivity index (χ0n) is 17.1. The largest absolute Gasteiger partial charge is 0.478 e.